The van der Waals surface area contributed by atoms with Gasteiger partial charge in [-0.2, -0.15) is 5.26 Å². The normalized spacial score (nSPS) is 16.0. The first kappa shape index (κ1) is 21.7. The molecule has 1 aromatic carbocycles. The van der Waals surface area contributed by atoms with Gasteiger partial charge in [-0.15, -0.1) is 11.3 Å². The SMILES string of the molecule is CCOC(=O)C1=C(c2ccccc2)NC(SCC(=O)OC)=C(C#N)[C@@H]1c1cccs1. The molecule has 0 fully saturated rings. The molecule has 0 spiro atoms. The number of allylic oxidation sites excluding steroid dienone is 1. The van der Waals surface area contributed by atoms with Crippen LogP contribution < -0.4 is 5.32 Å². The number of ether oxygens (including phenoxy) is 2. The van der Waals surface area contributed by atoms with Gasteiger partial charge >= 0.3 is 11.9 Å². The van der Waals surface area contributed by atoms with Gasteiger partial charge in [0, 0.05) is 4.88 Å². The Morgan fingerprint density at radius 1 is 1.23 bits per heavy atom. The molecule has 0 aliphatic carbocycles. The Bertz CT molecular complexity index is 1020. The van der Waals surface area contributed by atoms with E-state index in [0.717, 1.165) is 10.4 Å². The maximum Gasteiger partial charge on any atom is 0.337 e. The van der Waals surface area contributed by atoms with Crippen molar-refractivity contribution in [3.63, 3.8) is 0 Å². The number of thioether (sulfide) groups is 1. The molecule has 2 aromatic rings. The van der Waals surface area contributed by atoms with Gasteiger partial charge in [0.2, 0.25) is 0 Å². The van der Waals surface area contributed by atoms with Crippen molar-refractivity contribution in [2.24, 2.45) is 0 Å². The number of carbonyl (C=O) groups excluding carboxylic acids is 2. The fourth-order valence-electron chi connectivity index (χ4n) is 3.09. The number of carbonyl (C=O) groups is 2. The Labute approximate surface area is 183 Å². The molecule has 3 rings (SSSR count). The monoisotopic (exact) mass is 440 g/mol. The predicted molar refractivity (Wildman–Crippen MR) is 117 cm³/mol. The van der Waals surface area contributed by atoms with Gasteiger partial charge in [-0.25, -0.2) is 4.79 Å². The Balaban J connectivity index is 2.19. The van der Waals surface area contributed by atoms with E-state index in [1.165, 1.54) is 30.2 Å². The highest BCUT2D eigenvalue weighted by Crippen LogP contribution is 2.44. The predicted octanol–water partition coefficient (Wildman–Crippen LogP) is 4.05. The summed E-state index contributed by atoms with van der Waals surface area (Å²) >= 11 is 2.64. The third kappa shape index (κ3) is 4.58. The molecule has 1 aromatic heterocycles. The van der Waals surface area contributed by atoms with Crippen LogP contribution in [0.15, 0.2) is 64.0 Å². The molecular formula is C22H20N2O4S2. The van der Waals surface area contributed by atoms with E-state index in [2.05, 4.69) is 11.4 Å². The van der Waals surface area contributed by atoms with Crippen LogP contribution >= 0.6 is 23.1 Å². The van der Waals surface area contributed by atoms with E-state index < -0.39 is 17.9 Å². The standard InChI is InChI=1S/C22H20N2O4S2/c1-3-28-22(26)19-18(16-10-7-11-29-16)15(12-23)21(30-13-17(25)27-2)24-20(19)14-8-5-4-6-9-14/h4-11,18,24H,3,13H2,1-2H3/t18-/m1/s1. The number of methoxy groups -OCH3 is 1. The molecule has 1 N–H and O–H groups in total. The maximum absolute atomic E-state index is 13.0. The minimum Gasteiger partial charge on any atom is -0.468 e. The van der Waals surface area contributed by atoms with Crippen molar-refractivity contribution in [1.82, 2.24) is 5.32 Å². The Morgan fingerprint density at radius 3 is 2.60 bits per heavy atom. The van der Waals surface area contributed by atoms with Gasteiger partial charge in [0.15, 0.2) is 0 Å². The summed E-state index contributed by atoms with van der Waals surface area (Å²) in [5.41, 5.74) is 2.10. The molecule has 0 amide bonds. The minimum absolute atomic E-state index is 0.0397. The molecule has 0 unspecified atom stereocenters. The highest BCUT2D eigenvalue weighted by molar-refractivity contribution is 8.03. The lowest BCUT2D eigenvalue weighted by Gasteiger charge is -2.30. The lowest BCUT2D eigenvalue weighted by Crippen LogP contribution is -2.29. The molecule has 30 heavy (non-hydrogen) atoms. The lowest BCUT2D eigenvalue weighted by molar-refractivity contribution is -0.139. The van der Waals surface area contributed by atoms with Crippen molar-refractivity contribution in [2.75, 3.05) is 19.5 Å². The van der Waals surface area contributed by atoms with Gasteiger partial charge in [0.1, 0.15) is 0 Å². The molecule has 6 nitrogen and oxygen atoms in total. The Morgan fingerprint density at radius 2 is 2.00 bits per heavy atom. The molecular weight excluding hydrogens is 420 g/mol. The van der Waals surface area contributed by atoms with E-state index >= 15 is 0 Å². The molecule has 0 bridgehead atoms. The number of thiophene rings is 1. The minimum atomic E-state index is -0.592. The molecule has 1 aliphatic heterocycles. The summed E-state index contributed by atoms with van der Waals surface area (Å²) in [6.07, 6.45) is 0. The topological polar surface area (TPSA) is 88.4 Å². The molecule has 0 saturated heterocycles. The van der Waals surface area contributed by atoms with Crippen molar-refractivity contribution in [3.05, 3.63) is 74.5 Å². The largest absolute Gasteiger partial charge is 0.468 e. The first-order chi connectivity index (χ1) is 14.6. The van der Waals surface area contributed by atoms with E-state index in [-0.39, 0.29) is 12.4 Å². The Kier molecular flexibility index (Phi) is 7.33. The van der Waals surface area contributed by atoms with Crippen LogP contribution in [0.4, 0.5) is 0 Å². The third-order valence-electron chi connectivity index (χ3n) is 4.40. The van der Waals surface area contributed by atoms with Crippen LogP contribution in [0.3, 0.4) is 0 Å². The second-order valence-corrected chi connectivity index (χ2v) is 8.13. The van der Waals surface area contributed by atoms with Gasteiger partial charge in [-0.3, -0.25) is 4.79 Å². The van der Waals surface area contributed by atoms with Crippen LogP contribution in [0.2, 0.25) is 0 Å². The number of hydrogen-bond acceptors (Lipinski definition) is 8. The fraction of sp³-hybridized carbons (Fsp3) is 0.227. The molecule has 0 saturated carbocycles. The number of dihydropyridines is 1. The van der Waals surface area contributed by atoms with E-state index in [1.54, 1.807) is 6.92 Å². The van der Waals surface area contributed by atoms with Crippen molar-refractivity contribution in [3.8, 4) is 6.07 Å². The number of nitrogens with one attached hydrogen (secondary N) is 1. The average Bonchev–Trinajstić information content (AvgIpc) is 3.31. The summed E-state index contributed by atoms with van der Waals surface area (Å²) < 4.78 is 10.1. The van der Waals surface area contributed by atoms with Crippen molar-refractivity contribution < 1.29 is 19.1 Å². The van der Waals surface area contributed by atoms with Gasteiger partial charge in [-0.05, 0) is 23.9 Å². The van der Waals surface area contributed by atoms with E-state index in [1.807, 2.05) is 47.8 Å². The fourth-order valence-corrected chi connectivity index (χ4v) is 4.80. The van der Waals surface area contributed by atoms with E-state index in [9.17, 15) is 14.9 Å². The third-order valence-corrected chi connectivity index (χ3v) is 6.33. The van der Waals surface area contributed by atoms with Crippen molar-refractivity contribution in [2.45, 2.75) is 12.8 Å². The van der Waals surface area contributed by atoms with Crippen LogP contribution in [-0.2, 0) is 19.1 Å². The number of hydrogen-bond donors (Lipinski definition) is 1. The quantitative estimate of drug-likeness (QED) is 0.650. The van der Waals surface area contributed by atoms with Gasteiger partial charge in [-0.1, -0.05) is 48.2 Å². The van der Waals surface area contributed by atoms with E-state index in [4.69, 9.17) is 9.47 Å². The van der Waals surface area contributed by atoms with Crippen LogP contribution in [0.25, 0.3) is 5.70 Å². The maximum atomic E-state index is 13.0. The summed E-state index contributed by atoms with van der Waals surface area (Å²) in [5.74, 6) is -1.43. The Hall–Kier alpha value is -3.02. The van der Waals surface area contributed by atoms with Crippen LogP contribution in [0.1, 0.15) is 23.3 Å². The van der Waals surface area contributed by atoms with Crippen LogP contribution in [-0.4, -0.2) is 31.4 Å². The van der Waals surface area contributed by atoms with Crippen LogP contribution in [0.5, 0.6) is 0 Å². The number of benzene rings is 1. The number of esters is 2. The van der Waals surface area contributed by atoms with Crippen molar-refractivity contribution in [1.29, 1.82) is 5.26 Å². The average molecular weight is 441 g/mol. The number of nitrogens with zero attached hydrogens (tertiary/aromatic N) is 1. The second-order valence-electron chi connectivity index (χ2n) is 6.17. The molecule has 8 heteroatoms. The zero-order chi connectivity index (χ0) is 21.5. The number of nitriles is 1. The molecule has 154 valence electrons. The van der Waals surface area contributed by atoms with Crippen LogP contribution in [0, 0.1) is 11.3 Å². The molecule has 1 atom stereocenters. The van der Waals surface area contributed by atoms with Crippen molar-refractivity contribution >= 4 is 40.7 Å². The van der Waals surface area contributed by atoms with E-state index in [0.29, 0.717) is 21.9 Å². The summed E-state index contributed by atoms with van der Waals surface area (Å²) in [6.45, 7) is 1.97. The van der Waals surface area contributed by atoms with Gasteiger partial charge < -0.3 is 14.8 Å². The number of rotatable bonds is 7. The molecule has 2 heterocycles. The first-order valence-electron chi connectivity index (χ1n) is 9.21. The molecule has 1 aliphatic rings. The highest BCUT2D eigenvalue weighted by atomic mass is 32.2. The summed E-state index contributed by atoms with van der Waals surface area (Å²) in [6, 6.07) is 15.4. The smallest absolute Gasteiger partial charge is 0.337 e. The van der Waals surface area contributed by atoms with Gasteiger partial charge in [0.05, 0.1) is 53.3 Å². The zero-order valence-corrected chi connectivity index (χ0v) is 18.1. The second kappa shape index (κ2) is 10.1. The van der Waals surface area contributed by atoms with Gasteiger partial charge in [0.25, 0.3) is 0 Å². The summed E-state index contributed by atoms with van der Waals surface area (Å²) in [7, 11) is 1.32. The highest BCUT2D eigenvalue weighted by Gasteiger charge is 2.37. The summed E-state index contributed by atoms with van der Waals surface area (Å²) in [5, 5.41) is 15.6. The lowest BCUT2D eigenvalue weighted by atomic mass is 9.85. The first-order valence-corrected chi connectivity index (χ1v) is 11.1. The zero-order valence-electron chi connectivity index (χ0n) is 16.5. The molecule has 0 radical (unpaired) electrons. The summed E-state index contributed by atoms with van der Waals surface area (Å²) in [4.78, 5) is 25.6.